The molecular weight excluding hydrogens is 921 g/mol. The minimum atomic E-state index is -0.595. The number of hydrogen-bond donors (Lipinski definition) is 4. The zero-order valence-corrected chi connectivity index (χ0v) is 39.5. The summed E-state index contributed by atoms with van der Waals surface area (Å²) in [7, 11) is 0. The number of hydrogen-bond acceptors (Lipinski definition) is 8. The SMILES string of the molecule is Cc1cc(N)nc(C)c1CNC(=O)c1cc2c(cc1F)C1OC2c2cc(-c3ccc(F)cc3)ccc21.Cc1cc(N)nc(C)c1CNC(=O)c1cc2c(cc1F)C1OC2c2ccc(-c3ccc(F)cc3)cc21. The molecule has 0 aliphatic carbocycles. The van der Waals surface area contributed by atoms with E-state index in [1.54, 1.807) is 48.5 Å². The number of carbonyl (C=O) groups excluding carboxylic acids is 2. The number of aromatic nitrogens is 2. The first-order chi connectivity index (χ1) is 34.6. The Morgan fingerprint density at radius 3 is 1.17 bits per heavy atom. The van der Waals surface area contributed by atoms with E-state index in [2.05, 4.69) is 20.6 Å². The third kappa shape index (κ3) is 8.11. The van der Waals surface area contributed by atoms with Gasteiger partial charge in [-0.2, -0.15) is 0 Å². The summed E-state index contributed by atoms with van der Waals surface area (Å²) in [6.45, 7) is 7.88. The zero-order valence-electron chi connectivity index (χ0n) is 39.5. The monoisotopic (exact) mass is 966 g/mol. The van der Waals surface area contributed by atoms with Crippen molar-refractivity contribution in [3.05, 3.63) is 234 Å². The summed E-state index contributed by atoms with van der Waals surface area (Å²) < 4.78 is 69.3. The van der Waals surface area contributed by atoms with E-state index in [-0.39, 0.29) is 48.1 Å². The summed E-state index contributed by atoms with van der Waals surface area (Å²) in [4.78, 5) is 34.4. The van der Waals surface area contributed by atoms with Gasteiger partial charge < -0.3 is 31.6 Å². The van der Waals surface area contributed by atoms with Crippen LogP contribution < -0.4 is 22.1 Å². The molecule has 4 aliphatic heterocycles. The van der Waals surface area contributed by atoms with Gasteiger partial charge in [0.05, 0.1) is 11.1 Å². The van der Waals surface area contributed by atoms with Crippen molar-refractivity contribution >= 4 is 23.5 Å². The lowest BCUT2D eigenvalue weighted by Crippen LogP contribution is -2.25. The average molecular weight is 967 g/mol. The Kier molecular flexibility index (Phi) is 11.5. The zero-order chi connectivity index (χ0) is 50.3. The van der Waals surface area contributed by atoms with Gasteiger partial charge in [0.25, 0.3) is 11.8 Å². The van der Waals surface area contributed by atoms with E-state index >= 15 is 8.78 Å². The second kappa shape index (κ2) is 17.9. The lowest BCUT2D eigenvalue weighted by molar-refractivity contribution is 0.0855. The van der Waals surface area contributed by atoms with E-state index in [0.29, 0.717) is 11.6 Å². The quantitative estimate of drug-likeness (QED) is 0.110. The van der Waals surface area contributed by atoms with Crippen LogP contribution in [-0.2, 0) is 22.6 Å². The molecule has 0 saturated carbocycles. The number of nitrogens with zero attached hydrogens (tertiary/aromatic N) is 2. The van der Waals surface area contributed by atoms with Gasteiger partial charge in [-0.1, -0.05) is 48.5 Å². The first kappa shape index (κ1) is 46.2. The third-order valence-electron chi connectivity index (χ3n) is 14.2. The highest BCUT2D eigenvalue weighted by atomic mass is 19.1. The number of pyridine rings is 2. The summed E-state index contributed by atoms with van der Waals surface area (Å²) in [5.41, 5.74) is 27.1. The van der Waals surface area contributed by atoms with Gasteiger partial charge in [0.1, 0.15) is 59.3 Å². The van der Waals surface area contributed by atoms with Crippen LogP contribution in [0.3, 0.4) is 0 Å². The number of ether oxygens (including phenoxy) is 2. The Hall–Kier alpha value is -8.20. The second-order valence-electron chi connectivity index (χ2n) is 18.6. The fraction of sp³-hybridized carbons (Fsp3) is 0.172. The topological polar surface area (TPSA) is 154 Å². The molecule has 6 aromatic carbocycles. The predicted octanol–water partition coefficient (Wildman–Crippen LogP) is 11.4. The molecule has 12 rings (SSSR count). The van der Waals surface area contributed by atoms with Crippen molar-refractivity contribution in [1.29, 1.82) is 0 Å². The van der Waals surface area contributed by atoms with Crippen LogP contribution in [0, 0.1) is 51.0 Å². The van der Waals surface area contributed by atoms with Crippen LogP contribution >= 0.6 is 0 Å². The van der Waals surface area contributed by atoms with Gasteiger partial charge >= 0.3 is 0 Å². The lowest BCUT2D eigenvalue weighted by Gasteiger charge is -2.18. The number of benzene rings is 6. The summed E-state index contributed by atoms with van der Waals surface area (Å²) in [6, 6.07) is 34.1. The number of rotatable bonds is 8. The maximum atomic E-state index is 15.1. The van der Waals surface area contributed by atoms with Crippen LogP contribution in [0.4, 0.5) is 29.2 Å². The number of nitrogens with one attached hydrogen (secondary N) is 2. The lowest BCUT2D eigenvalue weighted by atomic mass is 9.83. The highest BCUT2D eigenvalue weighted by Crippen LogP contribution is 2.56. The number of amides is 2. The Morgan fingerprint density at radius 1 is 0.458 bits per heavy atom. The van der Waals surface area contributed by atoms with Crippen molar-refractivity contribution in [2.45, 2.75) is 65.2 Å². The molecule has 0 fully saturated rings. The van der Waals surface area contributed by atoms with Crippen molar-refractivity contribution < 1.29 is 36.6 Å². The molecule has 4 unspecified atom stereocenters. The minimum Gasteiger partial charge on any atom is -0.384 e. The van der Waals surface area contributed by atoms with Gasteiger partial charge in [-0.3, -0.25) is 9.59 Å². The van der Waals surface area contributed by atoms with Gasteiger partial charge in [-0.05, 0) is 190 Å². The van der Waals surface area contributed by atoms with Gasteiger partial charge in [0.2, 0.25) is 0 Å². The number of nitrogens with two attached hydrogens (primary N) is 2. The molecule has 6 heterocycles. The number of halogens is 4. The third-order valence-corrected chi connectivity index (χ3v) is 14.2. The number of aryl methyl sites for hydroxylation is 4. The van der Waals surface area contributed by atoms with Crippen molar-refractivity contribution in [2.24, 2.45) is 0 Å². The molecule has 2 amide bonds. The van der Waals surface area contributed by atoms with Gasteiger partial charge in [-0.25, -0.2) is 27.5 Å². The van der Waals surface area contributed by atoms with Crippen molar-refractivity contribution in [2.75, 3.05) is 11.5 Å². The Balaban J connectivity index is 0.000000156. The second-order valence-corrected chi connectivity index (χ2v) is 18.6. The van der Waals surface area contributed by atoms with Crippen molar-refractivity contribution in [1.82, 2.24) is 20.6 Å². The molecule has 0 saturated heterocycles. The van der Waals surface area contributed by atoms with E-state index in [9.17, 15) is 18.4 Å². The van der Waals surface area contributed by atoms with E-state index in [4.69, 9.17) is 20.9 Å². The molecule has 72 heavy (non-hydrogen) atoms. The Labute approximate surface area is 412 Å². The van der Waals surface area contributed by atoms with Crippen LogP contribution in [0.15, 0.2) is 121 Å². The van der Waals surface area contributed by atoms with Crippen LogP contribution in [0.2, 0.25) is 0 Å². The molecule has 0 spiro atoms. The molecule has 4 atom stereocenters. The molecule has 6 N–H and O–H groups in total. The molecule has 10 nitrogen and oxygen atoms in total. The number of carbonyl (C=O) groups is 2. The first-order valence-electron chi connectivity index (χ1n) is 23.4. The highest BCUT2D eigenvalue weighted by molar-refractivity contribution is 5.96. The molecule has 14 heteroatoms. The summed E-state index contributed by atoms with van der Waals surface area (Å²) in [5, 5.41) is 5.63. The molecule has 4 aliphatic rings. The molecule has 2 aromatic heterocycles. The van der Waals surface area contributed by atoms with Gasteiger partial charge in [-0.15, -0.1) is 0 Å². The van der Waals surface area contributed by atoms with Crippen molar-refractivity contribution in [3.8, 4) is 22.3 Å². The normalized spacial score (nSPS) is 17.1. The van der Waals surface area contributed by atoms with Crippen LogP contribution in [0.5, 0.6) is 0 Å². The number of nitrogen functional groups attached to an aromatic ring is 2. The standard InChI is InChI=1S/2C29H23F2N3O2/c1-14-9-26(32)34-15(2)24(14)13-33-29(35)23-11-21-22(12-25(23)31)27-19-8-5-17(10-20(19)28(21)36-27)16-3-6-18(30)7-4-16;1-14-9-26(32)34-15(2)24(14)13-33-29(35)23-11-21-22(12-25(23)31)28-20-10-17(5-8-19(20)27(21)36-28)16-3-6-18(30)7-4-16/h2*3-12,27-28H,13H2,1-2H3,(H2,32,34)(H,33,35). The van der Waals surface area contributed by atoms with Crippen LogP contribution in [0.1, 0.15) is 123 Å². The molecule has 360 valence electrons. The largest absolute Gasteiger partial charge is 0.384 e. The minimum absolute atomic E-state index is 0.0203. The maximum absolute atomic E-state index is 15.1. The molecular formula is C58H46F4N6O4. The summed E-state index contributed by atoms with van der Waals surface area (Å²) >= 11 is 0. The summed E-state index contributed by atoms with van der Waals surface area (Å²) in [5.74, 6) is -1.93. The smallest absolute Gasteiger partial charge is 0.254 e. The van der Waals surface area contributed by atoms with Gasteiger partial charge in [0, 0.05) is 24.5 Å². The molecule has 4 bridgehead atoms. The average Bonchev–Trinajstić information content (AvgIpc) is 4.12. The highest BCUT2D eigenvalue weighted by Gasteiger charge is 2.45. The van der Waals surface area contributed by atoms with E-state index in [1.807, 2.05) is 64.1 Å². The van der Waals surface area contributed by atoms with Crippen LogP contribution in [0.25, 0.3) is 22.3 Å². The first-order valence-corrected chi connectivity index (χ1v) is 23.4. The molecule has 0 radical (unpaired) electrons. The molecule has 8 aromatic rings. The fourth-order valence-electron chi connectivity index (χ4n) is 10.6. The maximum Gasteiger partial charge on any atom is 0.254 e. The van der Waals surface area contributed by atoms with E-state index in [1.165, 1.54) is 36.4 Å². The Bertz CT molecular complexity index is 3520. The van der Waals surface area contributed by atoms with Crippen molar-refractivity contribution in [3.63, 3.8) is 0 Å². The van der Waals surface area contributed by atoms with Gasteiger partial charge in [0.15, 0.2) is 0 Å². The summed E-state index contributed by atoms with van der Waals surface area (Å²) in [6.07, 6.45) is -1.53. The number of fused-ring (bicyclic) bond motifs is 16. The number of anilines is 2. The Morgan fingerprint density at radius 2 is 0.792 bits per heavy atom. The van der Waals surface area contributed by atoms with Crippen LogP contribution in [-0.4, -0.2) is 21.8 Å². The fourth-order valence-corrected chi connectivity index (χ4v) is 10.6. The van der Waals surface area contributed by atoms with E-state index in [0.717, 1.165) is 100 Å². The van der Waals surface area contributed by atoms with E-state index < -0.39 is 35.7 Å². The predicted molar refractivity (Wildman–Crippen MR) is 265 cm³/mol.